The fourth-order valence-electron chi connectivity index (χ4n) is 4.23. The van der Waals surface area contributed by atoms with Gasteiger partial charge in [0.25, 0.3) is 5.91 Å². The Balaban J connectivity index is 1.56. The molecule has 0 radical (unpaired) electrons. The van der Waals surface area contributed by atoms with Gasteiger partial charge in [-0.1, -0.05) is 75.4 Å². The van der Waals surface area contributed by atoms with Crippen LogP contribution in [0.4, 0.5) is 4.39 Å². The van der Waals surface area contributed by atoms with E-state index in [2.05, 4.69) is 26.1 Å². The van der Waals surface area contributed by atoms with Crippen molar-refractivity contribution < 1.29 is 14.0 Å². The third kappa shape index (κ3) is 5.93. The molecule has 0 aliphatic carbocycles. The van der Waals surface area contributed by atoms with E-state index in [0.717, 1.165) is 11.1 Å². The molecule has 2 unspecified atom stereocenters. The van der Waals surface area contributed by atoms with Crippen molar-refractivity contribution in [1.29, 1.82) is 0 Å². The molecule has 2 atom stereocenters. The second-order valence-corrected chi connectivity index (χ2v) is 10.9. The Bertz CT molecular complexity index is 1180. The number of thioether (sulfide) groups is 1. The Morgan fingerprint density at radius 3 is 2.37 bits per heavy atom. The Hall–Kier alpha value is -3.12. The van der Waals surface area contributed by atoms with Crippen LogP contribution in [-0.2, 0) is 16.6 Å². The maximum Gasteiger partial charge on any atom is 0.255 e. The minimum Gasteiger partial charge on any atom is -0.354 e. The van der Waals surface area contributed by atoms with Gasteiger partial charge in [-0.3, -0.25) is 9.59 Å². The number of nitrogens with zero attached hydrogens (tertiary/aromatic N) is 1. The first kappa shape index (κ1) is 25.0. The summed E-state index contributed by atoms with van der Waals surface area (Å²) in [7, 11) is 0. The maximum atomic E-state index is 14.0. The van der Waals surface area contributed by atoms with Gasteiger partial charge in [0.05, 0.1) is 0 Å². The van der Waals surface area contributed by atoms with Crippen LogP contribution in [0.3, 0.4) is 0 Å². The summed E-state index contributed by atoms with van der Waals surface area (Å²) in [6.45, 7) is 6.85. The highest BCUT2D eigenvalue weighted by molar-refractivity contribution is 7.99. The van der Waals surface area contributed by atoms with E-state index in [-0.39, 0.29) is 23.0 Å². The largest absolute Gasteiger partial charge is 0.354 e. The lowest BCUT2D eigenvalue weighted by Crippen LogP contribution is -2.48. The molecular formula is C29H31FN2O2S. The molecule has 0 aromatic heterocycles. The summed E-state index contributed by atoms with van der Waals surface area (Å²) in [6.07, 6.45) is 0.710. The van der Waals surface area contributed by atoms with E-state index < -0.39 is 11.4 Å². The van der Waals surface area contributed by atoms with Crippen LogP contribution in [0.1, 0.15) is 53.2 Å². The Morgan fingerprint density at radius 1 is 1.00 bits per heavy atom. The molecule has 0 saturated carbocycles. The molecule has 4 rings (SSSR count). The third-order valence-corrected chi connectivity index (χ3v) is 7.55. The van der Waals surface area contributed by atoms with Gasteiger partial charge < -0.3 is 10.2 Å². The van der Waals surface area contributed by atoms with Gasteiger partial charge in [0, 0.05) is 17.9 Å². The average molecular weight is 491 g/mol. The first-order chi connectivity index (χ1) is 16.7. The van der Waals surface area contributed by atoms with E-state index in [9.17, 15) is 14.0 Å². The number of carbonyl (C=O) groups is 2. The van der Waals surface area contributed by atoms with E-state index in [4.69, 9.17) is 0 Å². The van der Waals surface area contributed by atoms with Crippen LogP contribution in [0.5, 0.6) is 0 Å². The maximum absolute atomic E-state index is 14.0. The van der Waals surface area contributed by atoms with Gasteiger partial charge in [0.2, 0.25) is 5.91 Å². The molecule has 6 heteroatoms. The van der Waals surface area contributed by atoms with E-state index in [0.29, 0.717) is 29.8 Å². The predicted molar refractivity (Wildman–Crippen MR) is 140 cm³/mol. The van der Waals surface area contributed by atoms with Crippen LogP contribution in [0.25, 0.3) is 0 Å². The standard InChI is InChI=1S/C29H31FN2O2S/c1-29(2,3)23-14-12-21(13-15-23)27(34)32-25(19-35-28(32)22-10-7-11-24(30)18-22)26(33)31-17-16-20-8-5-4-6-9-20/h4-15,18,25,28H,16-17,19H2,1-3H3,(H,31,33). The molecule has 2 amide bonds. The van der Waals surface area contributed by atoms with Crippen LogP contribution in [0.15, 0.2) is 78.9 Å². The number of nitrogens with one attached hydrogen (secondary N) is 1. The molecule has 1 fully saturated rings. The fourth-order valence-corrected chi connectivity index (χ4v) is 5.65. The van der Waals surface area contributed by atoms with Crippen molar-refractivity contribution in [1.82, 2.24) is 10.2 Å². The van der Waals surface area contributed by atoms with Gasteiger partial charge in [-0.25, -0.2) is 4.39 Å². The Kier molecular flexibility index (Phi) is 7.60. The molecule has 4 nitrogen and oxygen atoms in total. The number of benzene rings is 3. The summed E-state index contributed by atoms with van der Waals surface area (Å²) in [6, 6.07) is 23.1. The summed E-state index contributed by atoms with van der Waals surface area (Å²) >= 11 is 1.49. The first-order valence-corrected chi connectivity index (χ1v) is 12.9. The van der Waals surface area contributed by atoms with Crippen molar-refractivity contribution in [2.75, 3.05) is 12.3 Å². The topological polar surface area (TPSA) is 49.4 Å². The third-order valence-electron chi connectivity index (χ3n) is 6.22. The van der Waals surface area contributed by atoms with Crippen molar-refractivity contribution in [3.05, 3.63) is 107 Å². The molecule has 1 heterocycles. The second kappa shape index (κ2) is 10.6. The quantitative estimate of drug-likeness (QED) is 0.480. The zero-order valence-corrected chi connectivity index (χ0v) is 21.1. The molecule has 0 spiro atoms. The summed E-state index contributed by atoms with van der Waals surface area (Å²) < 4.78 is 14.0. The molecule has 3 aromatic carbocycles. The zero-order valence-electron chi connectivity index (χ0n) is 20.3. The summed E-state index contributed by atoms with van der Waals surface area (Å²) in [5.74, 6) is -0.329. The van der Waals surface area contributed by atoms with Crippen molar-refractivity contribution in [3.63, 3.8) is 0 Å². The van der Waals surface area contributed by atoms with Gasteiger partial charge in [0.1, 0.15) is 17.2 Å². The van der Waals surface area contributed by atoms with E-state index in [1.807, 2.05) is 54.6 Å². The van der Waals surface area contributed by atoms with Crippen LogP contribution >= 0.6 is 11.8 Å². The molecule has 182 valence electrons. The molecule has 1 aliphatic heterocycles. The minimum absolute atomic E-state index is 0.0314. The van der Waals surface area contributed by atoms with Gasteiger partial charge in [-0.15, -0.1) is 11.8 Å². The Labute approximate surface area is 210 Å². The lowest BCUT2D eigenvalue weighted by molar-refractivity contribution is -0.124. The van der Waals surface area contributed by atoms with Crippen LogP contribution < -0.4 is 5.32 Å². The van der Waals surface area contributed by atoms with Crippen molar-refractivity contribution in [2.24, 2.45) is 0 Å². The summed E-state index contributed by atoms with van der Waals surface area (Å²) in [4.78, 5) is 28.6. The molecule has 3 aromatic rings. The number of amides is 2. The number of rotatable bonds is 6. The van der Waals surface area contributed by atoms with Crippen molar-refractivity contribution >= 4 is 23.6 Å². The number of carbonyl (C=O) groups excluding carboxylic acids is 2. The number of hydrogen-bond donors (Lipinski definition) is 1. The highest BCUT2D eigenvalue weighted by Crippen LogP contribution is 2.42. The lowest BCUT2D eigenvalue weighted by Gasteiger charge is -2.29. The van der Waals surface area contributed by atoms with E-state index >= 15 is 0 Å². The molecular weight excluding hydrogens is 459 g/mol. The monoisotopic (exact) mass is 490 g/mol. The Morgan fingerprint density at radius 2 is 1.71 bits per heavy atom. The van der Waals surface area contributed by atoms with Crippen molar-refractivity contribution in [3.8, 4) is 0 Å². The molecule has 35 heavy (non-hydrogen) atoms. The highest BCUT2D eigenvalue weighted by atomic mass is 32.2. The van der Waals surface area contributed by atoms with E-state index in [1.54, 1.807) is 17.0 Å². The average Bonchev–Trinajstić information content (AvgIpc) is 3.29. The van der Waals surface area contributed by atoms with E-state index in [1.165, 1.54) is 23.9 Å². The van der Waals surface area contributed by atoms with Crippen LogP contribution in [0.2, 0.25) is 0 Å². The van der Waals surface area contributed by atoms with Gasteiger partial charge >= 0.3 is 0 Å². The molecule has 1 N–H and O–H groups in total. The zero-order chi connectivity index (χ0) is 25.0. The second-order valence-electron chi connectivity index (χ2n) is 9.82. The van der Waals surface area contributed by atoms with Crippen molar-refractivity contribution in [2.45, 2.75) is 44.0 Å². The number of halogens is 1. The lowest BCUT2D eigenvalue weighted by atomic mass is 9.86. The summed E-state index contributed by atoms with van der Waals surface area (Å²) in [5, 5.41) is 2.56. The SMILES string of the molecule is CC(C)(C)c1ccc(C(=O)N2C(C(=O)NCCc3ccccc3)CSC2c2cccc(F)c2)cc1. The predicted octanol–water partition coefficient (Wildman–Crippen LogP) is 5.74. The van der Waals surface area contributed by atoms with Crippen LogP contribution in [0, 0.1) is 5.82 Å². The smallest absolute Gasteiger partial charge is 0.255 e. The summed E-state index contributed by atoms with van der Waals surface area (Å²) in [5.41, 5.74) is 3.43. The molecule has 1 aliphatic rings. The fraction of sp³-hybridized carbons (Fsp3) is 0.310. The van der Waals surface area contributed by atoms with Gasteiger partial charge in [0.15, 0.2) is 0 Å². The minimum atomic E-state index is -0.640. The number of hydrogen-bond acceptors (Lipinski definition) is 3. The molecule has 0 bridgehead atoms. The van der Waals surface area contributed by atoms with Gasteiger partial charge in [-0.05, 0) is 52.8 Å². The van der Waals surface area contributed by atoms with Gasteiger partial charge in [-0.2, -0.15) is 0 Å². The van der Waals surface area contributed by atoms with Crippen LogP contribution in [-0.4, -0.2) is 35.1 Å². The molecule has 1 saturated heterocycles. The first-order valence-electron chi connectivity index (χ1n) is 11.9. The highest BCUT2D eigenvalue weighted by Gasteiger charge is 2.42. The normalized spacial score (nSPS) is 17.9.